The predicted molar refractivity (Wildman–Crippen MR) is 62.1 cm³/mol. The monoisotopic (exact) mass is 250 g/mol. The Balaban J connectivity index is 2.62. The van der Waals surface area contributed by atoms with Crippen molar-refractivity contribution >= 4 is 17.0 Å². The molecule has 6 nitrogen and oxygen atoms in total. The highest BCUT2D eigenvalue weighted by Crippen LogP contribution is 2.26. The molecule has 17 heavy (non-hydrogen) atoms. The molecule has 1 aromatic heterocycles. The maximum absolute atomic E-state index is 11.5. The number of nitrogens with zero attached hydrogens (tertiary/aromatic N) is 2. The molecule has 86 valence electrons. The van der Waals surface area contributed by atoms with Crippen molar-refractivity contribution in [3.8, 4) is 16.5 Å². The molecule has 0 aliphatic rings. The van der Waals surface area contributed by atoms with Crippen LogP contribution in [0.4, 0.5) is 5.69 Å². The minimum Gasteiger partial charge on any atom is -0.488 e. The van der Waals surface area contributed by atoms with Crippen molar-refractivity contribution in [2.45, 2.75) is 0 Å². The Morgan fingerprint density at radius 3 is 2.47 bits per heavy atom. The maximum Gasteiger partial charge on any atom is 0.388 e. The molecule has 1 heterocycles. The van der Waals surface area contributed by atoms with Crippen molar-refractivity contribution < 1.29 is 10.0 Å². The highest BCUT2D eigenvalue weighted by atomic mass is 32.1. The van der Waals surface area contributed by atoms with Gasteiger partial charge in [-0.2, -0.15) is 4.98 Å². The minimum absolute atomic E-state index is 0.249. The number of aromatic nitrogens is 1. The molecular weight excluding hydrogens is 244 g/mol. The fraction of sp³-hybridized carbons (Fsp3) is 0. The van der Waals surface area contributed by atoms with E-state index >= 15 is 0 Å². The van der Waals surface area contributed by atoms with Gasteiger partial charge in [-0.25, -0.2) is 0 Å². The van der Waals surface area contributed by atoms with Gasteiger partial charge in [-0.3, -0.25) is 14.9 Å². The molecule has 0 fully saturated rings. The van der Waals surface area contributed by atoms with Crippen LogP contribution in [0.2, 0.25) is 0 Å². The van der Waals surface area contributed by atoms with Crippen LogP contribution in [0.25, 0.3) is 10.6 Å². The largest absolute Gasteiger partial charge is 0.488 e. The zero-order chi connectivity index (χ0) is 12.4. The molecule has 0 radical (unpaired) electrons. The number of benzene rings is 1. The summed E-state index contributed by atoms with van der Waals surface area (Å²) in [4.78, 5) is 24.7. The molecule has 2 rings (SSSR count). The van der Waals surface area contributed by atoms with E-state index in [2.05, 4.69) is 4.98 Å². The number of hydrogen-bond donors (Lipinski definition) is 1. The lowest BCUT2D eigenvalue weighted by atomic mass is 10.2. The molecule has 0 unspecified atom stereocenters. The van der Waals surface area contributed by atoms with Gasteiger partial charge < -0.3 is 5.11 Å². The van der Waals surface area contributed by atoms with E-state index in [0.717, 1.165) is 0 Å². The molecular formula is C10H6N2O4S. The first-order valence-corrected chi connectivity index (χ1v) is 5.35. The molecule has 0 saturated carbocycles. The third kappa shape index (κ3) is 2.13. The number of rotatable bonds is 2. The van der Waals surface area contributed by atoms with Gasteiger partial charge in [0.1, 0.15) is 5.01 Å². The van der Waals surface area contributed by atoms with Crippen molar-refractivity contribution in [3.63, 3.8) is 0 Å². The summed E-state index contributed by atoms with van der Waals surface area (Å²) in [5, 5.41) is 20.1. The quantitative estimate of drug-likeness (QED) is 0.647. The van der Waals surface area contributed by atoms with Gasteiger partial charge in [-0.1, -0.05) is 41.7 Å². The summed E-state index contributed by atoms with van der Waals surface area (Å²) in [6, 6.07) is 8.67. The van der Waals surface area contributed by atoms with E-state index in [1.165, 1.54) is 0 Å². The number of hydrogen-bond acceptors (Lipinski definition) is 6. The molecule has 0 bridgehead atoms. The molecule has 0 spiro atoms. The van der Waals surface area contributed by atoms with Gasteiger partial charge in [0.05, 0.1) is 4.92 Å². The Kier molecular flexibility index (Phi) is 2.84. The summed E-state index contributed by atoms with van der Waals surface area (Å²) in [7, 11) is 0. The summed E-state index contributed by atoms with van der Waals surface area (Å²) in [6.07, 6.45) is 0. The van der Waals surface area contributed by atoms with Crippen LogP contribution in [0.15, 0.2) is 35.1 Å². The maximum atomic E-state index is 11.5. The molecule has 0 saturated heterocycles. The van der Waals surface area contributed by atoms with E-state index in [4.69, 9.17) is 0 Å². The molecule has 1 N–H and O–H groups in total. The van der Waals surface area contributed by atoms with Crippen molar-refractivity contribution in [2.24, 2.45) is 0 Å². The van der Waals surface area contributed by atoms with Crippen LogP contribution >= 0.6 is 11.3 Å². The van der Waals surface area contributed by atoms with Gasteiger partial charge >= 0.3 is 10.4 Å². The van der Waals surface area contributed by atoms with E-state index in [0.29, 0.717) is 16.9 Å². The van der Waals surface area contributed by atoms with Crippen molar-refractivity contribution in [1.29, 1.82) is 0 Å². The first kappa shape index (κ1) is 11.2. The van der Waals surface area contributed by atoms with Crippen LogP contribution in [-0.2, 0) is 0 Å². The third-order valence-electron chi connectivity index (χ3n) is 2.01. The predicted octanol–water partition coefficient (Wildman–Crippen LogP) is 1.78. The average molecular weight is 250 g/mol. The van der Waals surface area contributed by atoms with Crippen LogP contribution in [0, 0.1) is 10.1 Å². The second-order valence-electron chi connectivity index (χ2n) is 3.10. The van der Waals surface area contributed by atoms with Crippen LogP contribution in [0.1, 0.15) is 0 Å². The van der Waals surface area contributed by atoms with Crippen molar-refractivity contribution in [2.75, 3.05) is 0 Å². The summed E-state index contributed by atoms with van der Waals surface area (Å²) in [5.41, 5.74) is -0.255. The van der Waals surface area contributed by atoms with E-state index in [9.17, 15) is 20.0 Å². The smallest absolute Gasteiger partial charge is 0.388 e. The van der Waals surface area contributed by atoms with Gasteiger partial charge in [0.15, 0.2) is 0 Å². The third-order valence-corrected chi connectivity index (χ3v) is 2.90. The Bertz CT molecular complexity index is 624. The Labute approximate surface area is 99.0 Å². The minimum atomic E-state index is -0.935. The fourth-order valence-corrected chi connectivity index (χ4v) is 2.08. The highest BCUT2D eigenvalue weighted by Gasteiger charge is 2.22. The van der Waals surface area contributed by atoms with Gasteiger partial charge in [0, 0.05) is 5.56 Å². The molecule has 0 aliphatic carbocycles. The van der Waals surface area contributed by atoms with E-state index in [-0.39, 0.29) is 5.01 Å². The second-order valence-corrected chi connectivity index (χ2v) is 4.06. The first-order chi connectivity index (χ1) is 8.09. The highest BCUT2D eigenvalue weighted by molar-refractivity contribution is 7.12. The van der Waals surface area contributed by atoms with Crippen LogP contribution < -0.4 is 4.74 Å². The fourth-order valence-electron chi connectivity index (χ4n) is 1.26. The molecule has 2 aromatic rings. The van der Waals surface area contributed by atoms with Crippen LogP contribution in [0.5, 0.6) is 5.88 Å². The summed E-state index contributed by atoms with van der Waals surface area (Å²) < 4.78 is -0.818. The Morgan fingerprint density at radius 2 is 1.94 bits per heavy atom. The molecule has 0 amide bonds. The summed E-state index contributed by atoms with van der Waals surface area (Å²) >= 11 is 0.631. The van der Waals surface area contributed by atoms with Crippen LogP contribution in [0.3, 0.4) is 0 Å². The van der Waals surface area contributed by atoms with Gasteiger partial charge in [-0.15, -0.1) is 0 Å². The van der Waals surface area contributed by atoms with Gasteiger partial charge in [0.2, 0.25) is 0 Å². The van der Waals surface area contributed by atoms with Gasteiger partial charge in [0.25, 0.3) is 5.88 Å². The van der Waals surface area contributed by atoms with Crippen LogP contribution in [-0.4, -0.2) is 15.0 Å². The second kappa shape index (κ2) is 4.30. The zero-order valence-corrected chi connectivity index (χ0v) is 9.18. The standard InChI is InChI=1S/C10H6N2O4S/c13-8-7(12(15)16)10(14)17-9(11-8)6-4-2-1-3-5-6/h1-5,13H. The SMILES string of the molecule is O=c1sc(-c2ccccc2)nc(O)c1[N+](=O)[O-]. The topological polar surface area (TPSA) is 93.3 Å². The Hall–Kier alpha value is -2.28. The van der Waals surface area contributed by atoms with E-state index in [1.807, 2.05) is 0 Å². The zero-order valence-electron chi connectivity index (χ0n) is 8.36. The number of aromatic hydroxyl groups is 1. The first-order valence-electron chi connectivity index (χ1n) is 4.53. The lowest BCUT2D eigenvalue weighted by molar-refractivity contribution is -0.387. The lowest BCUT2D eigenvalue weighted by Crippen LogP contribution is -2.05. The Morgan fingerprint density at radius 1 is 1.29 bits per heavy atom. The van der Waals surface area contributed by atoms with E-state index < -0.39 is 21.2 Å². The lowest BCUT2D eigenvalue weighted by Gasteiger charge is -1.99. The molecule has 1 aromatic carbocycles. The van der Waals surface area contributed by atoms with Crippen molar-refractivity contribution in [1.82, 2.24) is 4.98 Å². The average Bonchev–Trinajstić information content (AvgIpc) is 2.28. The van der Waals surface area contributed by atoms with Crippen molar-refractivity contribution in [3.05, 3.63) is 50.0 Å². The normalized spacial score (nSPS) is 10.1. The summed E-state index contributed by atoms with van der Waals surface area (Å²) in [5.74, 6) is -0.849. The molecule has 7 heteroatoms. The molecule has 0 aliphatic heterocycles. The number of nitro groups is 1. The molecule has 0 atom stereocenters. The van der Waals surface area contributed by atoms with E-state index in [1.54, 1.807) is 30.3 Å². The van der Waals surface area contributed by atoms with Gasteiger partial charge in [-0.05, 0) is 0 Å². The summed E-state index contributed by atoms with van der Waals surface area (Å²) in [6.45, 7) is 0.